The molecule has 1 aliphatic rings. The fraction of sp³-hybridized carbons (Fsp3) is 0.533. The Morgan fingerprint density at radius 3 is 2.95 bits per heavy atom. The average molecular weight is 280 g/mol. The summed E-state index contributed by atoms with van der Waals surface area (Å²) in [5, 5.41) is 6.05. The van der Waals surface area contributed by atoms with Gasteiger partial charge in [-0.1, -0.05) is 0 Å². The van der Waals surface area contributed by atoms with Crippen molar-refractivity contribution in [2.45, 2.75) is 38.8 Å². The molecular formula is C15H21FN2O2. The van der Waals surface area contributed by atoms with Crippen molar-refractivity contribution in [1.82, 2.24) is 10.6 Å². The van der Waals surface area contributed by atoms with Crippen LogP contribution in [-0.2, 0) is 11.3 Å². The number of halogens is 1. The summed E-state index contributed by atoms with van der Waals surface area (Å²) in [7, 11) is 0. The van der Waals surface area contributed by atoms with Crippen molar-refractivity contribution in [3.8, 4) is 5.75 Å². The van der Waals surface area contributed by atoms with Gasteiger partial charge in [-0.3, -0.25) is 4.79 Å². The minimum Gasteiger partial charge on any atom is -0.493 e. The van der Waals surface area contributed by atoms with Crippen LogP contribution in [0.2, 0.25) is 0 Å². The second-order valence-corrected chi connectivity index (χ2v) is 4.96. The van der Waals surface area contributed by atoms with E-state index in [4.69, 9.17) is 4.74 Å². The Morgan fingerprint density at radius 2 is 2.25 bits per heavy atom. The molecule has 20 heavy (non-hydrogen) atoms. The number of carbonyl (C=O) groups is 1. The highest BCUT2D eigenvalue weighted by Gasteiger charge is 2.20. The molecule has 1 aromatic carbocycles. The molecule has 0 atom stereocenters. The number of rotatable bonds is 8. The van der Waals surface area contributed by atoms with Crippen molar-refractivity contribution in [3.63, 3.8) is 0 Å². The highest BCUT2D eigenvalue weighted by molar-refractivity contribution is 5.75. The first-order valence-corrected chi connectivity index (χ1v) is 7.10. The van der Waals surface area contributed by atoms with E-state index in [-0.39, 0.29) is 11.7 Å². The molecule has 0 saturated heterocycles. The standard InChI is InChI=1S/C15H21FN2O2/c1-2-17-15(19)7-8-20-14-6-3-12(16)9-11(14)10-18-13-4-5-13/h3,6,9,13,18H,2,4-5,7-8,10H2,1H3,(H,17,19). The second kappa shape index (κ2) is 7.24. The van der Waals surface area contributed by atoms with E-state index < -0.39 is 0 Å². The molecule has 0 bridgehead atoms. The molecule has 5 heteroatoms. The SMILES string of the molecule is CCNC(=O)CCOc1ccc(F)cc1CNC1CC1. The third-order valence-corrected chi connectivity index (χ3v) is 3.14. The lowest BCUT2D eigenvalue weighted by Gasteiger charge is -2.12. The van der Waals surface area contributed by atoms with Gasteiger partial charge in [0.25, 0.3) is 0 Å². The third-order valence-electron chi connectivity index (χ3n) is 3.14. The van der Waals surface area contributed by atoms with Crippen LogP contribution < -0.4 is 15.4 Å². The van der Waals surface area contributed by atoms with Crippen LogP contribution in [0, 0.1) is 5.82 Å². The maximum Gasteiger partial charge on any atom is 0.223 e. The number of nitrogens with one attached hydrogen (secondary N) is 2. The van der Waals surface area contributed by atoms with E-state index in [1.165, 1.54) is 25.0 Å². The summed E-state index contributed by atoms with van der Waals surface area (Å²) in [6, 6.07) is 5.04. The summed E-state index contributed by atoms with van der Waals surface area (Å²) in [4.78, 5) is 11.3. The maximum absolute atomic E-state index is 13.3. The summed E-state index contributed by atoms with van der Waals surface area (Å²) in [5.41, 5.74) is 0.799. The van der Waals surface area contributed by atoms with E-state index in [1.54, 1.807) is 6.07 Å². The van der Waals surface area contributed by atoms with E-state index in [0.29, 0.717) is 37.9 Å². The smallest absolute Gasteiger partial charge is 0.223 e. The summed E-state index contributed by atoms with van der Waals surface area (Å²) >= 11 is 0. The highest BCUT2D eigenvalue weighted by atomic mass is 19.1. The predicted molar refractivity (Wildman–Crippen MR) is 75.1 cm³/mol. The molecule has 1 saturated carbocycles. The van der Waals surface area contributed by atoms with E-state index in [1.807, 2.05) is 6.92 Å². The molecule has 1 aromatic rings. The number of hydrogen-bond acceptors (Lipinski definition) is 3. The van der Waals surface area contributed by atoms with Crippen molar-refractivity contribution in [1.29, 1.82) is 0 Å². The van der Waals surface area contributed by atoms with Crippen LogP contribution in [0.4, 0.5) is 4.39 Å². The Bertz CT molecular complexity index is 461. The van der Waals surface area contributed by atoms with Gasteiger partial charge >= 0.3 is 0 Å². The molecule has 1 aliphatic carbocycles. The quantitative estimate of drug-likeness (QED) is 0.765. The minimum absolute atomic E-state index is 0.0349. The zero-order chi connectivity index (χ0) is 14.4. The van der Waals surface area contributed by atoms with Gasteiger partial charge in [0, 0.05) is 24.7 Å². The van der Waals surface area contributed by atoms with Gasteiger partial charge in [0.1, 0.15) is 11.6 Å². The van der Waals surface area contributed by atoms with Crippen LogP contribution >= 0.6 is 0 Å². The Kier molecular flexibility index (Phi) is 5.35. The number of amides is 1. The molecule has 4 nitrogen and oxygen atoms in total. The van der Waals surface area contributed by atoms with E-state index in [2.05, 4.69) is 10.6 Å². The van der Waals surface area contributed by atoms with Gasteiger partial charge < -0.3 is 15.4 Å². The van der Waals surface area contributed by atoms with Crippen LogP contribution in [-0.4, -0.2) is 25.1 Å². The van der Waals surface area contributed by atoms with Crippen molar-refractivity contribution in [3.05, 3.63) is 29.6 Å². The maximum atomic E-state index is 13.3. The van der Waals surface area contributed by atoms with Crippen molar-refractivity contribution in [2.75, 3.05) is 13.2 Å². The van der Waals surface area contributed by atoms with E-state index in [9.17, 15) is 9.18 Å². The lowest BCUT2D eigenvalue weighted by molar-refractivity contribution is -0.121. The fourth-order valence-electron chi connectivity index (χ4n) is 1.91. The molecule has 1 fully saturated rings. The van der Waals surface area contributed by atoms with Crippen LogP contribution in [0.15, 0.2) is 18.2 Å². The lowest BCUT2D eigenvalue weighted by atomic mass is 10.2. The van der Waals surface area contributed by atoms with Crippen LogP contribution in [0.25, 0.3) is 0 Å². The summed E-state index contributed by atoms with van der Waals surface area (Å²) in [6.45, 7) is 3.39. The third kappa shape index (κ3) is 4.81. The van der Waals surface area contributed by atoms with Crippen molar-refractivity contribution >= 4 is 5.91 Å². The van der Waals surface area contributed by atoms with Crippen LogP contribution in [0.5, 0.6) is 5.75 Å². The van der Waals surface area contributed by atoms with E-state index in [0.717, 1.165) is 5.56 Å². The monoisotopic (exact) mass is 280 g/mol. The highest BCUT2D eigenvalue weighted by Crippen LogP contribution is 2.23. The zero-order valence-corrected chi connectivity index (χ0v) is 11.7. The lowest BCUT2D eigenvalue weighted by Crippen LogP contribution is -2.24. The van der Waals surface area contributed by atoms with E-state index >= 15 is 0 Å². The number of benzene rings is 1. The number of hydrogen-bond donors (Lipinski definition) is 2. The Morgan fingerprint density at radius 1 is 1.45 bits per heavy atom. The first kappa shape index (κ1) is 14.8. The molecule has 1 amide bonds. The van der Waals surface area contributed by atoms with Crippen molar-refractivity contribution < 1.29 is 13.9 Å². The predicted octanol–water partition coefficient (Wildman–Crippen LogP) is 1.98. The Hall–Kier alpha value is -1.62. The first-order valence-electron chi connectivity index (χ1n) is 7.10. The molecule has 0 aliphatic heterocycles. The fourth-order valence-corrected chi connectivity index (χ4v) is 1.91. The summed E-state index contributed by atoms with van der Waals surface area (Å²) in [5.74, 6) is 0.338. The van der Waals surface area contributed by atoms with Gasteiger partial charge in [-0.05, 0) is 38.0 Å². The van der Waals surface area contributed by atoms with Gasteiger partial charge in [0.05, 0.1) is 13.0 Å². The summed E-state index contributed by atoms with van der Waals surface area (Å²) in [6.07, 6.45) is 2.67. The van der Waals surface area contributed by atoms with Crippen LogP contribution in [0.1, 0.15) is 31.7 Å². The van der Waals surface area contributed by atoms with Crippen molar-refractivity contribution in [2.24, 2.45) is 0 Å². The average Bonchev–Trinajstić information content (AvgIpc) is 3.23. The Labute approximate surface area is 118 Å². The van der Waals surface area contributed by atoms with Gasteiger partial charge in [-0.25, -0.2) is 4.39 Å². The van der Waals surface area contributed by atoms with Gasteiger partial charge in [-0.15, -0.1) is 0 Å². The molecule has 0 radical (unpaired) electrons. The first-order chi connectivity index (χ1) is 9.69. The second-order valence-electron chi connectivity index (χ2n) is 4.96. The Balaban J connectivity index is 1.86. The molecule has 2 N–H and O–H groups in total. The number of ether oxygens (including phenoxy) is 1. The normalized spacial score (nSPS) is 14.1. The molecule has 0 unspecified atom stereocenters. The molecule has 0 spiro atoms. The zero-order valence-electron chi connectivity index (χ0n) is 11.7. The van der Waals surface area contributed by atoms with Crippen LogP contribution in [0.3, 0.4) is 0 Å². The largest absolute Gasteiger partial charge is 0.493 e. The van der Waals surface area contributed by atoms with Gasteiger partial charge in [0.15, 0.2) is 0 Å². The minimum atomic E-state index is -0.270. The molecule has 2 rings (SSSR count). The molecule has 0 aromatic heterocycles. The summed E-state index contributed by atoms with van der Waals surface area (Å²) < 4.78 is 18.9. The number of carbonyl (C=O) groups excluding carboxylic acids is 1. The molecule has 110 valence electrons. The molecular weight excluding hydrogens is 259 g/mol. The van der Waals surface area contributed by atoms with Gasteiger partial charge in [0.2, 0.25) is 5.91 Å². The van der Waals surface area contributed by atoms with Gasteiger partial charge in [-0.2, -0.15) is 0 Å². The molecule has 0 heterocycles. The topological polar surface area (TPSA) is 50.4 Å².